The van der Waals surface area contributed by atoms with Gasteiger partial charge < -0.3 is 0 Å². The van der Waals surface area contributed by atoms with Gasteiger partial charge in [0.1, 0.15) is 5.01 Å². The SMILES string of the molecule is Clc1ccc(-c2ncc(CBr)s2)cc1. The number of benzene rings is 1. The van der Waals surface area contributed by atoms with Gasteiger partial charge in [0, 0.05) is 27.0 Å². The van der Waals surface area contributed by atoms with Crippen molar-refractivity contribution >= 4 is 38.9 Å². The van der Waals surface area contributed by atoms with Crippen molar-refractivity contribution in [2.45, 2.75) is 5.33 Å². The van der Waals surface area contributed by atoms with Gasteiger partial charge >= 0.3 is 0 Å². The molecule has 14 heavy (non-hydrogen) atoms. The summed E-state index contributed by atoms with van der Waals surface area (Å²) in [6.07, 6.45) is 1.89. The average Bonchev–Trinajstić information content (AvgIpc) is 2.67. The van der Waals surface area contributed by atoms with Crippen LogP contribution in [0.3, 0.4) is 0 Å². The molecule has 0 aliphatic rings. The fourth-order valence-electron chi connectivity index (χ4n) is 1.10. The van der Waals surface area contributed by atoms with Gasteiger partial charge in [-0.05, 0) is 12.1 Å². The summed E-state index contributed by atoms with van der Waals surface area (Å²) in [4.78, 5) is 5.56. The largest absolute Gasteiger partial charge is 0.244 e. The van der Waals surface area contributed by atoms with Gasteiger partial charge in [-0.25, -0.2) is 4.98 Å². The molecule has 1 aromatic carbocycles. The Morgan fingerprint density at radius 1 is 1.29 bits per heavy atom. The molecule has 0 amide bonds. The molecule has 0 spiro atoms. The zero-order valence-corrected chi connectivity index (χ0v) is 10.4. The number of hydrogen-bond acceptors (Lipinski definition) is 2. The van der Waals surface area contributed by atoms with E-state index >= 15 is 0 Å². The van der Waals surface area contributed by atoms with Crippen LogP contribution in [0.2, 0.25) is 5.02 Å². The zero-order chi connectivity index (χ0) is 9.97. The molecule has 0 bridgehead atoms. The standard InChI is InChI=1S/C10H7BrClNS/c11-5-9-6-13-10(14-9)7-1-3-8(12)4-2-7/h1-4,6H,5H2. The van der Waals surface area contributed by atoms with Crippen LogP contribution in [0.25, 0.3) is 10.6 Å². The van der Waals surface area contributed by atoms with Gasteiger partial charge in [-0.3, -0.25) is 0 Å². The molecular formula is C10H7BrClNS. The second kappa shape index (κ2) is 4.43. The average molecular weight is 289 g/mol. The number of rotatable bonds is 2. The van der Waals surface area contributed by atoms with E-state index in [0.717, 1.165) is 20.9 Å². The number of thiazole rings is 1. The van der Waals surface area contributed by atoms with Crippen LogP contribution in [-0.4, -0.2) is 4.98 Å². The fourth-order valence-corrected chi connectivity index (χ4v) is 2.48. The molecule has 0 saturated heterocycles. The van der Waals surface area contributed by atoms with Gasteiger partial charge in [0.25, 0.3) is 0 Å². The summed E-state index contributed by atoms with van der Waals surface area (Å²) in [5.41, 5.74) is 1.12. The molecule has 0 saturated carbocycles. The van der Waals surface area contributed by atoms with Crippen molar-refractivity contribution in [2.75, 3.05) is 0 Å². The summed E-state index contributed by atoms with van der Waals surface area (Å²) in [6.45, 7) is 0. The molecule has 1 aromatic heterocycles. The summed E-state index contributed by atoms with van der Waals surface area (Å²) < 4.78 is 0. The maximum absolute atomic E-state index is 5.81. The van der Waals surface area contributed by atoms with Gasteiger partial charge in [0.15, 0.2) is 0 Å². The van der Waals surface area contributed by atoms with Crippen LogP contribution in [0.4, 0.5) is 0 Å². The third-order valence-corrected chi connectivity index (χ3v) is 4.05. The number of hydrogen-bond donors (Lipinski definition) is 0. The highest BCUT2D eigenvalue weighted by molar-refractivity contribution is 9.08. The Labute approximate surface area is 99.9 Å². The molecule has 72 valence electrons. The first-order valence-electron chi connectivity index (χ1n) is 4.06. The van der Waals surface area contributed by atoms with E-state index in [9.17, 15) is 0 Å². The lowest BCUT2D eigenvalue weighted by molar-refractivity contribution is 1.37. The quantitative estimate of drug-likeness (QED) is 0.748. The van der Waals surface area contributed by atoms with Crippen LogP contribution in [0.1, 0.15) is 4.88 Å². The summed E-state index contributed by atoms with van der Waals surface area (Å²) in [5, 5.41) is 2.65. The van der Waals surface area contributed by atoms with E-state index in [4.69, 9.17) is 11.6 Å². The van der Waals surface area contributed by atoms with E-state index in [-0.39, 0.29) is 0 Å². The summed E-state index contributed by atoms with van der Waals surface area (Å²) in [7, 11) is 0. The van der Waals surface area contributed by atoms with Gasteiger partial charge in [-0.1, -0.05) is 39.7 Å². The van der Waals surface area contributed by atoms with Crippen LogP contribution in [-0.2, 0) is 5.33 Å². The van der Waals surface area contributed by atoms with Crippen molar-refractivity contribution in [3.05, 3.63) is 40.4 Å². The van der Waals surface area contributed by atoms with E-state index in [2.05, 4.69) is 20.9 Å². The minimum Gasteiger partial charge on any atom is -0.244 e. The van der Waals surface area contributed by atoms with Crippen molar-refractivity contribution in [3.63, 3.8) is 0 Å². The fraction of sp³-hybridized carbons (Fsp3) is 0.100. The Balaban J connectivity index is 2.34. The molecule has 0 radical (unpaired) electrons. The Bertz CT molecular complexity index is 424. The van der Waals surface area contributed by atoms with Gasteiger partial charge in [-0.2, -0.15) is 0 Å². The van der Waals surface area contributed by atoms with Gasteiger partial charge in [0.2, 0.25) is 0 Å². The molecule has 2 aromatic rings. The predicted octanol–water partition coefficient (Wildman–Crippen LogP) is 4.36. The molecule has 0 unspecified atom stereocenters. The summed E-state index contributed by atoms with van der Waals surface area (Å²) in [6, 6.07) is 7.73. The summed E-state index contributed by atoms with van der Waals surface area (Å²) in [5.74, 6) is 0. The molecule has 0 aliphatic carbocycles. The molecule has 0 aliphatic heterocycles. The van der Waals surface area contributed by atoms with Crippen molar-refractivity contribution < 1.29 is 0 Å². The minimum atomic E-state index is 0.756. The second-order valence-electron chi connectivity index (χ2n) is 2.77. The van der Waals surface area contributed by atoms with E-state index in [1.165, 1.54) is 4.88 Å². The Morgan fingerprint density at radius 3 is 2.57 bits per heavy atom. The number of aromatic nitrogens is 1. The number of nitrogens with zero attached hydrogens (tertiary/aromatic N) is 1. The van der Waals surface area contributed by atoms with Crippen LogP contribution in [0, 0.1) is 0 Å². The normalized spacial score (nSPS) is 10.4. The third kappa shape index (κ3) is 2.16. The highest BCUT2D eigenvalue weighted by atomic mass is 79.9. The first-order chi connectivity index (χ1) is 6.79. The van der Waals surface area contributed by atoms with E-state index in [1.807, 2.05) is 30.5 Å². The maximum Gasteiger partial charge on any atom is 0.123 e. The highest BCUT2D eigenvalue weighted by Crippen LogP contribution is 2.27. The Hall–Kier alpha value is -0.380. The van der Waals surface area contributed by atoms with E-state index in [0.29, 0.717) is 0 Å². The lowest BCUT2D eigenvalue weighted by atomic mass is 10.2. The molecular weight excluding hydrogens is 282 g/mol. The van der Waals surface area contributed by atoms with Crippen molar-refractivity contribution in [1.29, 1.82) is 0 Å². The van der Waals surface area contributed by atoms with Crippen molar-refractivity contribution in [3.8, 4) is 10.6 Å². The van der Waals surface area contributed by atoms with Gasteiger partial charge in [-0.15, -0.1) is 11.3 Å². The number of alkyl halides is 1. The van der Waals surface area contributed by atoms with Crippen LogP contribution >= 0.6 is 38.9 Å². The van der Waals surface area contributed by atoms with Crippen molar-refractivity contribution in [1.82, 2.24) is 4.98 Å². The molecule has 0 atom stereocenters. The Kier molecular flexibility index (Phi) is 3.21. The number of halogens is 2. The monoisotopic (exact) mass is 287 g/mol. The molecule has 2 rings (SSSR count). The second-order valence-corrected chi connectivity index (χ2v) is 4.88. The van der Waals surface area contributed by atoms with Crippen LogP contribution in [0.5, 0.6) is 0 Å². The lowest BCUT2D eigenvalue weighted by Crippen LogP contribution is -1.73. The van der Waals surface area contributed by atoms with Crippen LogP contribution in [0.15, 0.2) is 30.5 Å². The van der Waals surface area contributed by atoms with E-state index < -0.39 is 0 Å². The smallest absolute Gasteiger partial charge is 0.123 e. The van der Waals surface area contributed by atoms with Crippen LogP contribution < -0.4 is 0 Å². The topological polar surface area (TPSA) is 12.9 Å². The lowest BCUT2D eigenvalue weighted by Gasteiger charge is -1.94. The maximum atomic E-state index is 5.81. The zero-order valence-electron chi connectivity index (χ0n) is 7.21. The summed E-state index contributed by atoms with van der Waals surface area (Å²) >= 11 is 10.9. The Morgan fingerprint density at radius 2 is 2.00 bits per heavy atom. The molecule has 1 nitrogen and oxygen atoms in total. The van der Waals surface area contributed by atoms with E-state index in [1.54, 1.807) is 11.3 Å². The molecule has 0 N–H and O–H groups in total. The third-order valence-electron chi connectivity index (χ3n) is 1.78. The highest BCUT2D eigenvalue weighted by Gasteiger charge is 2.03. The first-order valence-corrected chi connectivity index (χ1v) is 6.38. The van der Waals surface area contributed by atoms with Crippen molar-refractivity contribution in [2.24, 2.45) is 0 Å². The molecule has 4 heteroatoms. The first kappa shape index (κ1) is 10.1. The predicted molar refractivity (Wildman–Crippen MR) is 65.2 cm³/mol. The molecule has 0 fully saturated rings. The minimum absolute atomic E-state index is 0.756. The molecule has 1 heterocycles. The van der Waals surface area contributed by atoms with Gasteiger partial charge in [0.05, 0.1) is 0 Å².